The van der Waals surface area contributed by atoms with Crippen LogP contribution in [0.1, 0.15) is 44.4 Å². The van der Waals surface area contributed by atoms with E-state index in [9.17, 15) is 14.4 Å². The van der Waals surface area contributed by atoms with Crippen molar-refractivity contribution < 1.29 is 19.6 Å². The van der Waals surface area contributed by atoms with Gasteiger partial charge in [-0.25, -0.2) is 10.3 Å². The smallest absolute Gasteiger partial charge is 0.322 e. The second kappa shape index (κ2) is 10.7. The highest BCUT2D eigenvalue weighted by atomic mass is 16.5. The molecule has 3 aromatic rings. The number of benzene rings is 2. The number of hydroxylamine groups is 1. The largest absolute Gasteiger partial charge is 0.331 e. The molecule has 0 aliphatic carbocycles. The molecule has 0 aliphatic rings. The van der Waals surface area contributed by atoms with E-state index in [1.165, 1.54) is 0 Å². The third kappa shape index (κ3) is 6.22. The van der Waals surface area contributed by atoms with Crippen molar-refractivity contribution in [2.45, 2.75) is 18.9 Å². The van der Waals surface area contributed by atoms with Crippen LogP contribution >= 0.6 is 0 Å². The van der Waals surface area contributed by atoms with Crippen LogP contribution in [0.5, 0.6) is 0 Å². The van der Waals surface area contributed by atoms with Crippen LogP contribution in [0.25, 0.3) is 0 Å². The Morgan fingerprint density at radius 2 is 1.52 bits per heavy atom. The van der Waals surface area contributed by atoms with E-state index < -0.39 is 23.9 Å². The van der Waals surface area contributed by atoms with Crippen LogP contribution in [0.15, 0.2) is 79.0 Å². The number of pyridine rings is 1. The molecule has 2 aromatic carbocycles. The first-order valence-corrected chi connectivity index (χ1v) is 9.68. The molecule has 8 nitrogen and oxygen atoms in total. The molecule has 0 spiro atoms. The molecule has 8 heteroatoms. The standard InChI is InChI=1S/C23H22N4O4/c28-21(17-6-2-1-3-7-17)26-23(30)25-20(14-13-19-8-4-5-15-24-19)16-9-11-18(12-10-16)22(29)27-31/h1-12,15,20,31H,13-14H2,(H,27,29)(H2,25,26,28,30). The summed E-state index contributed by atoms with van der Waals surface area (Å²) in [6.07, 6.45) is 2.82. The van der Waals surface area contributed by atoms with E-state index in [0.29, 0.717) is 18.4 Å². The van der Waals surface area contributed by atoms with Gasteiger partial charge in [-0.05, 0) is 54.8 Å². The Hall–Kier alpha value is -4.04. The van der Waals surface area contributed by atoms with Crippen LogP contribution in [0.2, 0.25) is 0 Å². The highest BCUT2D eigenvalue weighted by Gasteiger charge is 2.18. The molecule has 0 aliphatic heterocycles. The van der Waals surface area contributed by atoms with E-state index in [0.717, 1.165) is 11.3 Å². The lowest BCUT2D eigenvalue weighted by molar-refractivity contribution is 0.0706. The summed E-state index contributed by atoms with van der Waals surface area (Å²) in [7, 11) is 0. The molecule has 4 N–H and O–H groups in total. The number of aryl methyl sites for hydroxylation is 1. The Kier molecular flexibility index (Phi) is 7.45. The fourth-order valence-electron chi connectivity index (χ4n) is 3.05. The molecule has 4 amide bonds. The van der Waals surface area contributed by atoms with Crippen molar-refractivity contribution in [3.05, 3.63) is 101 Å². The first kappa shape index (κ1) is 21.7. The van der Waals surface area contributed by atoms with Crippen molar-refractivity contribution >= 4 is 17.8 Å². The maximum absolute atomic E-state index is 12.5. The summed E-state index contributed by atoms with van der Waals surface area (Å²) < 4.78 is 0. The van der Waals surface area contributed by atoms with Crippen molar-refractivity contribution in [1.82, 2.24) is 21.1 Å². The minimum atomic E-state index is -0.629. The van der Waals surface area contributed by atoms with E-state index in [-0.39, 0.29) is 5.56 Å². The van der Waals surface area contributed by atoms with Crippen molar-refractivity contribution in [1.29, 1.82) is 0 Å². The van der Waals surface area contributed by atoms with Gasteiger partial charge in [0.05, 0.1) is 6.04 Å². The first-order chi connectivity index (χ1) is 15.1. The fourth-order valence-corrected chi connectivity index (χ4v) is 3.05. The molecule has 0 fully saturated rings. The van der Waals surface area contributed by atoms with Crippen LogP contribution in [0.4, 0.5) is 4.79 Å². The first-order valence-electron chi connectivity index (χ1n) is 9.68. The molecule has 1 heterocycles. The Morgan fingerprint density at radius 3 is 2.16 bits per heavy atom. The van der Waals surface area contributed by atoms with Crippen molar-refractivity contribution in [2.75, 3.05) is 0 Å². The molecule has 31 heavy (non-hydrogen) atoms. The van der Waals surface area contributed by atoms with Gasteiger partial charge >= 0.3 is 6.03 Å². The Bertz CT molecular complexity index is 1020. The van der Waals surface area contributed by atoms with E-state index in [1.807, 2.05) is 18.2 Å². The molecule has 0 saturated carbocycles. The third-order valence-corrected chi connectivity index (χ3v) is 4.66. The van der Waals surface area contributed by atoms with Gasteiger partial charge in [-0.3, -0.25) is 25.1 Å². The number of urea groups is 1. The number of hydrogen-bond donors (Lipinski definition) is 4. The van der Waals surface area contributed by atoms with Crippen molar-refractivity contribution in [3.8, 4) is 0 Å². The summed E-state index contributed by atoms with van der Waals surface area (Å²) in [5.74, 6) is -1.13. The number of carbonyl (C=O) groups is 3. The highest BCUT2D eigenvalue weighted by Crippen LogP contribution is 2.20. The highest BCUT2D eigenvalue weighted by molar-refractivity contribution is 6.04. The maximum Gasteiger partial charge on any atom is 0.322 e. The van der Waals surface area contributed by atoms with Gasteiger partial charge < -0.3 is 5.32 Å². The van der Waals surface area contributed by atoms with Crippen molar-refractivity contribution in [2.24, 2.45) is 0 Å². The van der Waals surface area contributed by atoms with Crippen LogP contribution in [0.3, 0.4) is 0 Å². The van der Waals surface area contributed by atoms with Gasteiger partial charge in [0.15, 0.2) is 0 Å². The van der Waals surface area contributed by atoms with Crippen LogP contribution in [-0.4, -0.2) is 28.0 Å². The zero-order valence-corrected chi connectivity index (χ0v) is 16.6. The topological polar surface area (TPSA) is 120 Å². The number of nitrogens with one attached hydrogen (secondary N) is 3. The maximum atomic E-state index is 12.5. The van der Waals surface area contributed by atoms with Gasteiger partial charge in [-0.15, -0.1) is 0 Å². The van der Waals surface area contributed by atoms with Crippen LogP contribution in [-0.2, 0) is 6.42 Å². The minimum absolute atomic E-state index is 0.276. The van der Waals surface area contributed by atoms with E-state index in [1.54, 1.807) is 66.3 Å². The molecule has 0 saturated heterocycles. The van der Waals surface area contributed by atoms with Gasteiger partial charge in [0.25, 0.3) is 11.8 Å². The lowest BCUT2D eigenvalue weighted by atomic mass is 9.99. The number of imide groups is 1. The summed E-state index contributed by atoms with van der Waals surface area (Å²) in [5.41, 5.74) is 3.85. The molecule has 0 radical (unpaired) electrons. The Labute approximate surface area is 179 Å². The second-order valence-electron chi connectivity index (χ2n) is 6.77. The predicted molar refractivity (Wildman–Crippen MR) is 113 cm³/mol. The molecule has 1 unspecified atom stereocenters. The predicted octanol–water partition coefficient (Wildman–Crippen LogP) is 3.01. The zero-order chi connectivity index (χ0) is 22.1. The molecule has 158 valence electrons. The normalized spacial score (nSPS) is 11.3. The van der Waals surface area contributed by atoms with Gasteiger partial charge in [0.1, 0.15) is 0 Å². The van der Waals surface area contributed by atoms with E-state index in [4.69, 9.17) is 5.21 Å². The molecule has 0 bridgehead atoms. The quantitative estimate of drug-likeness (QED) is 0.347. The lowest BCUT2D eigenvalue weighted by Gasteiger charge is -2.19. The number of rotatable bonds is 7. The summed E-state index contributed by atoms with van der Waals surface area (Å²) in [6.45, 7) is 0. The molecule has 3 rings (SSSR count). The SMILES string of the molecule is O=C(NC(=O)c1ccccc1)NC(CCc1ccccn1)c1ccc(C(=O)NO)cc1. The number of aromatic nitrogens is 1. The van der Waals surface area contributed by atoms with E-state index in [2.05, 4.69) is 15.6 Å². The average Bonchev–Trinajstić information content (AvgIpc) is 2.82. The zero-order valence-electron chi connectivity index (χ0n) is 16.6. The summed E-state index contributed by atoms with van der Waals surface area (Å²) in [5, 5.41) is 13.9. The lowest BCUT2D eigenvalue weighted by Crippen LogP contribution is -2.41. The summed E-state index contributed by atoms with van der Waals surface area (Å²) in [6, 6.07) is 19.5. The summed E-state index contributed by atoms with van der Waals surface area (Å²) >= 11 is 0. The number of nitrogens with zero attached hydrogens (tertiary/aromatic N) is 1. The Morgan fingerprint density at radius 1 is 0.839 bits per heavy atom. The van der Waals surface area contributed by atoms with Crippen molar-refractivity contribution in [3.63, 3.8) is 0 Å². The second-order valence-corrected chi connectivity index (χ2v) is 6.77. The van der Waals surface area contributed by atoms with Gasteiger partial charge in [-0.2, -0.15) is 0 Å². The van der Waals surface area contributed by atoms with Crippen LogP contribution < -0.4 is 16.1 Å². The fraction of sp³-hybridized carbons (Fsp3) is 0.130. The van der Waals surface area contributed by atoms with E-state index >= 15 is 0 Å². The van der Waals surface area contributed by atoms with Gasteiger partial charge in [0.2, 0.25) is 0 Å². The Balaban J connectivity index is 1.72. The average molecular weight is 418 g/mol. The molecule has 1 atom stereocenters. The number of carbonyl (C=O) groups excluding carboxylic acids is 3. The van der Waals surface area contributed by atoms with Gasteiger partial charge in [-0.1, -0.05) is 36.4 Å². The molecular weight excluding hydrogens is 396 g/mol. The summed E-state index contributed by atoms with van der Waals surface area (Å²) in [4.78, 5) is 40.6. The molecule has 1 aromatic heterocycles. The minimum Gasteiger partial charge on any atom is -0.331 e. The monoisotopic (exact) mass is 418 g/mol. The number of amides is 4. The molecular formula is C23H22N4O4. The number of hydrogen-bond acceptors (Lipinski definition) is 5. The third-order valence-electron chi connectivity index (χ3n) is 4.66. The van der Waals surface area contributed by atoms with Gasteiger partial charge in [0, 0.05) is 23.0 Å². The van der Waals surface area contributed by atoms with Crippen LogP contribution in [0, 0.1) is 0 Å².